The molecule has 0 unspecified atom stereocenters. The van der Waals surface area contributed by atoms with Crippen molar-refractivity contribution in [3.8, 4) is 11.5 Å². The van der Waals surface area contributed by atoms with E-state index in [1.54, 1.807) is 31.2 Å². The predicted molar refractivity (Wildman–Crippen MR) is 88.1 cm³/mol. The fraction of sp³-hybridized carbons (Fsp3) is 0.333. The summed E-state index contributed by atoms with van der Waals surface area (Å²) in [4.78, 5) is 23.7. The molecule has 7 heteroatoms. The molecule has 0 fully saturated rings. The lowest BCUT2D eigenvalue weighted by atomic mass is 10.2. The van der Waals surface area contributed by atoms with Crippen LogP contribution in [0, 0.1) is 6.92 Å². The lowest BCUT2D eigenvalue weighted by Gasteiger charge is -2.10. The van der Waals surface area contributed by atoms with Crippen LogP contribution in [0.25, 0.3) is 0 Å². The molecule has 1 heterocycles. The molecule has 0 spiro atoms. The summed E-state index contributed by atoms with van der Waals surface area (Å²) in [6, 6.07) is 6.40. The number of carbonyl (C=O) groups excluding carboxylic acids is 2. The van der Waals surface area contributed by atoms with Crippen LogP contribution in [0.3, 0.4) is 0 Å². The van der Waals surface area contributed by atoms with Gasteiger partial charge in [0, 0.05) is 5.56 Å². The second kappa shape index (κ2) is 8.23. The van der Waals surface area contributed by atoms with Crippen LogP contribution in [0.15, 0.2) is 28.7 Å². The summed E-state index contributed by atoms with van der Waals surface area (Å²) in [6.07, 6.45) is 0. The number of methoxy groups -OCH3 is 2. The van der Waals surface area contributed by atoms with Gasteiger partial charge in [-0.15, -0.1) is 0 Å². The fourth-order valence-corrected chi connectivity index (χ4v) is 2.20. The lowest BCUT2D eigenvalue weighted by molar-refractivity contribution is 0.0438. The maximum Gasteiger partial charge on any atom is 0.374 e. The molecule has 0 bridgehead atoms. The molecule has 25 heavy (non-hydrogen) atoms. The summed E-state index contributed by atoms with van der Waals surface area (Å²) in [6.45, 7) is 3.95. The van der Waals surface area contributed by atoms with Gasteiger partial charge in [0.1, 0.15) is 12.4 Å². The third-order valence-electron chi connectivity index (χ3n) is 3.38. The molecular formula is C18H20O7. The smallest absolute Gasteiger partial charge is 0.374 e. The van der Waals surface area contributed by atoms with Crippen molar-refractivity contribution in [2.75, 3.05) is 20.8 Å². The Bertz CT molecular complexity index is 761. The molecule has 0 amide bonds. The number of aryl methyl sites for hydroxylation is 1. The second-order valence-corrected chi connectivity index (χ2v) is 5.09. The number of benzene rings is 1. The van der Waals surface area contributed by atoms with E-state index in [0.717, 1.165) is 0 Å². The van der Waals surface area contributed by atoms with Crippen molar-refractivity contribution < 1.29 is 33.0 Å². The standard InChI is InChI=1S/C18H20O7/c1-5-23-14-7-6-12(9-15(14)21-3)17(19)24-10-13-8-11(2)16(25-13)18(20)22-4/h6-9H,5,10H2,1-4H3. The number of furan rings is 1. The Balaban J connectivity index is 2.06. The van der Waals surface area contributed by atoms with Crippen molar-refractivity contribution in [3.63, 3.8) is 0 Å². The van der Waals surface area contributed by atoms with Gasteiger partial charge in [-0.3, -0.25) is 0 Å². The van der Waals surface area contributed by atoms with E-state index < -0.39 is 11.9 Å². The molecule has 2 rings (SSSR count). The SMILES string of the molecule is CCOc1ccc(C(=O)OCc2cc(C)c(C(=O)OC)o2)cc1OC. The average molecular weight is 348 g/mol. The summed E-state index contributed by atoms with van der Waals surface area (Å²) in [7, 11) is 2.76. The van der Waals surface area contributed by atoms with Crippen LogP contribution in [0.1, 0.15) is 39.2 Å². The van der Waals surface area contributed by atoms with E-state index in [2.05, 4.69) is 4.74 Å². The third kappa shape index (κ3) is 4.32. The maximum atomic E-state index is 12.2. The predicted octanol–water partition coefficient (Wildman–Crippen LogP) is 3.14. The van der Waals surface area contributed by atoms with Gasteiger partial charge in [0.25, 0.3) is 0 Å². The molecule has 0 radical (unpaired) electrons. The summed E-state index contributed by atoms with van der Waals surface area (Å²) in [5.74, 6) is 0.311. The lowest BCUT2D eigenvalue weighted by Crippen LogP contribution is -2.06. The quantitative estimate of drug-likeness (QED) is 0.711. The van der Waals surface area contributed by atoms with Crippen molar-refractivity contribution in [2.45, 2.75) is 20.5 Å². The average Bonchev–Trinajstić information content (AvgIpc) is 3.00. The Kier molecular flexibility index (Phi) is 6.05. The molecule has 2 aromatic rings. The van der Waals surface area contributed by atoms with E-state index in [9.17, 15) is 9.59 Å². The van der Waals surface area contributed by atoms with Gasteiger partial charge in [-0.1, -0.05) is 0 Å². The summed E-state index contributed by atoms with van der Waals surface area (Å²) < 4.78 is 25.8. The van der Waals surface area contributed by atoms with Gasteiger partial charge in [-0.05, 0) is 38.1 Å². The first kappa shape index (κ1) is 18.4. The number of carbonyl (C=O) groups is 2. The van der Waals surface area contributed by atoms with E-state index in [1.165, 1.54) is 14.2 Å². The molecule has 0 aliphatic carbocycles. The van der Waals surface area contributed by atoms with Gasteiger partial charge in [0.05, 0.1) is 26.4 Å². The molecule has 7 nitrogen and oxygen atoms in total. The Labute approximate surface area is 145 Å². The first-order valence-electron chi connectivity index (χ1n) is 7.65. The van der Waals surface area contributed by atoms with E-state index in [0.29, 0.717) is 35.0 Å². The zero-order valence-electron chi connectivity index (χ0n) is 14.6. The molecule has 1 aromatic heterocycles. The van der Waals surface area contributed by atoms with Crippen LogP contribution < -0.4 is 9.47 Å². The Morgan fingerprint density at radius 1 is 1.08 bits per heavy atom. The molecule has 0 aliphatic heterocycles. The molecule has 134 valence electrons. The van der Waals surface area contributed by atoms with Crippen LogP contribution in [0.5, 0.6) is 11.5 Å². The highest BCUT2D eigenvalue weighted by Crippen LogP contribution is 2.28. The highest BCUT2D eigenvalue weighted by molar-refractivity contribution is 5.90. The monoisotopic (exact) mass is 348 g/mol. The molecular weight excluding hydrogens is 328 g/mol. The minimum absolute atomic E-state index is 0.0938. The number of hydrogen-bond acceptors (Lipinski definition) is 7. The Morgan fingerprint density at radius 2 is 1.84 bits per heavy atom. The minimum atomic E-state index is -0.577. The summed E-state index contributed by atoms with van der Waals surface area (Å²) in [5.41, 5.74) is 0.928. The highest BCUT2D eigenvalue weighted by Gasteiger charge is 2.18. The Hall–Kier alpha value is -2.96. The molecule has 0 saturated heterocycles. The minimum Gasteiger partial charge on any atom is -0.493 e. The van der Waals surface area contributed by atoms with Crippen LogP contribution in [0.2, 0.25) is 0 Å². The summed E-state index contributed by atoms with van der Waals surface area (Å²) >= 11 is 0. The van der Waals surface area contributed by atoms with E-state index in [1.807, 2.05) is 6.92 Å². The molecule has 0 atom stereocenters. The molecule has 1 aromatic carbocycles. The molecule has 0 N–H and O–H groups in total. The van der Waals surface area contributed by atoms with Gasteiger partial charge in [-0.25, -0.2) is 9.59 Å². The van der Waals surface area contributed by atoms with E-state index >= 15 is 0 Å². The van der Waals surface area contributed by atoms with Crippen molar-refractivity contribution >= 4 is 11.9 Å². The van der Waals surface area contributed by atoms with E-state index in [4.69, 9.17) is 18.6 Å². The zero-order chi connectivity index (χ0) is 18.4. The van der Waals surface area contributed by atoms with Crippen LogP contribution in [-0.4, -0.2) is 32.8 Å². The topological polar surface area (TPSA) is 84.2 Å². The number of rotatable bonds is 7. The van der Waals surface area contributed by atoms with Crippen molar-refractivity contribution in [1.29, 1.82) is 0 Å². The second-order valence-electron chi connectivity index (χ2n) is 5.09. The van der Waals surface area contributed by atoms with Gasteiger partial charge in [0.2, 0.25) is 5.76 Å². The normalized spacial score (nSPS) is 10.2. The van der Waals surface area contributed by atoms with E-state index in [-0.39, 0.29) is 12.4 Å². The third-order valence-corrected chi connectivity index (χ3v) is 3.38. The van der Waals surface area contributed by atoms with Crippen LogP contribution in [-0.2, 0) is 16.1 Å². The Morgan fingerprint density at radius 3 is 2.48 bits per heavy atom. The van der Waals surface area contributed by atoms with Crippen molar-refractivity contribution in [2.24, 2.45) is 0 Å². The van der Waals surface area contributed by atoms with Crippen LogP contribution in [0.4, 0.5) is 0 Å². The number of hydrogen-bond donors (Lipinski definition) is 0. The number of ether oxygens (including phenoxy) is 4. The van der Waals surface area contributed by atoms with Gasteiger partial charge in [0.15, 0.2) is 11.5 Å². The largest absolute Gasteiger partial charge is 0.493 e. The fourth-order valence-electron chi connectivity index (χ4n) is 2.20. The molecule has 0 saturated carbocycles. The zero-order valence-corrected chi connectivity index (χ0v) is 14.6. The van der Waals surface area contributed by atoms with Crippen LogP contribution >= 0.6 is 0 Å². The van der Waals surface area contributed by atoms with Gasteiger partial charge >= 0.3 is 11.9 Å². The maximum absolute atomic E-state index is 12.2. The first-order chi connectivity index (χ1) is 12.0. The highest BCUT2D eigenvalue weighted by atomic mass is 16.6. The number of esters is 2. The van der Waals surface area contributed by atoms with Gasteiger partial charge in [-0.2, -0.15) is 0 Å². The van der Waals surface area contributed by atoms with Crippen molar-refractivity contribution in [1.82, 2.24) is 0 Å². The van der Waals surface area contributed by atoms with Crippen molar-refractivity contribution in [3.05, 3.63) is 46.9 Å². The van der Waals surface area contributed by atoms with Gasteiger partial charge < -0.3 is 23.4 Å². The molecule has 0 aliphatic rings. The first-order valence-corrected chi connectivity index (χ1v) is 7.65. The summed E-state index contributed by atoms with van der Waals surface area (Å²) in [5, 5.41) is 0.